The summed E-state index contributed by atoms with van der Waals surface area (Å²) in [5, 5.41) is 3.57. The fraction of sp³-hybridized carbons (Fsp3) is 0.389. The number of rotatable bonds is 8. The first-order valence-corrected chi connectivity index (χ1v) is 7.69. The Labute approximate surface area is 127 Å². The van der Waals surface area contributed by atoms with Gasteiger partial charge in [0.1, 0.15) is 5.75 Å². The number of nitrogens with zero attached hydrogens (tertiary/aromatic N) is 1. The number of pyridine rings is 1. The van der Waals surface area contributed by atoms with Crippen molar-refractivity contribution in [3.63, 3.8) is 0 Å². The molecule has 0 aliphatic heterocycles. The van der Waals surface area contributed by atoms with Gasteiger partial charge in [-0.1, -0.05) is 31.2 Å². The number of benzene rings is 1. The lowest BCUT2D eigenvalue weighted by atomic mass is 9.98. The van der Waals surface area contributed by atoms with E-state index in [2.05, 4.69) is 35.4 Å². The highest BCUT2D eigenvalue weighted by Gasteiger charge is 2.15. The van der Waals surface area contributed by atoms with Crippen molar-refractivity contribution in [3.05, 3.63) is 59.9 Å². The van der Waals surface area contributed by atoms with E-state index in [0.29, 0.717) is 12.6 Å². The molecule has 1 unspecified atom stereocenters. The van der Waals surface area contributed by atoms with E-state index in [-0.39, 0.29) is 0 Å². The molecule has 1 aromatic carbocycles. The van der Waals surface area contributed by atoms with Crippen LogP contribution in [0.4, 0.5) is 0 Å². The highest BCUT2D eigenvalue weighted by Crippen LogP contribution is 2.28. The molecule has 2 rings (SSSR count). The van der Waals surface area contributed by atoms with E-state index >= 15 is 0 Å². The van der Waals surface area contributed by atoms with Crippen LogP contribution in [0.1, 0.15) is 37.4 Å². The van der Waals surface area contributed by atoms with Gasteiger partial charge < -0.3 is 10.1 Å². The highest BCUT2D eigenvalue weighted by atomic mass is 16.5. The maximum atomic E-state index is 5.76. The molecule has 3 nitrogen and oxygen atoms in total. The van der Waals surface area contributed by atoms with Crippen molar-refractivity contribution < 1.29 is 4.74 Å². The molecule has 0 fully saturated rings. The topological polar surface area (TPSA) is 34.2 Å². The monoisotopic (exact) mass is 284 g/mol. The van der Waals surface area contributed by atoms with Crippen molar-refractivity contribution in [3.8, 4) is 5.75 Å². The quantitative estimate of drug-likeness (QED) is 0.801. The van der Waals surface area contributed by atoms with Crippen LogP contribution in [0, 0.1) is 0 Å². The molecule has 0 aliphatic carbocycles. The summed E-state index contributed by atoms with van der Waals surface area (Å²) in [6.07, 6.45) is 5.79. The van der Waals surface area contributed by atoms with Crippen LogP contribution in [-0.4, -0.2) is 18.1 Å². The van der Waals surface area contributed by atoms with Gasteiger partial charge in [0.2, 0.25) is 0 Å². The number of hydrogen-bond acceptors (Lipinski definition) is 3. The predicted octanol–water partition coefficient (Wildman–Crippen LogP) is 3.76. The van der Waals surface area contributed by atoms with Crippen LogP contribution < -0.4 is 10.1 Å². The minimum absolute atomic E-state index is 0.304. The summed E-state index contributed by atoms with van der Waals surface area (Å²) < 4.78 is 5.76. The maximum absolute atomic E-state index is 5.76. The third kappa shape index (κ3) is 4.57. The van der Waals surface area contributed by atoms with Gasteiger partial charge in [0.05, 0.1) is 6.61 Å². The maximum Gasteiger partial charge on any atom is 0.124 e. The molecule has 0 saturated heterocycles. The minimum atomic E-state index is 0.304. The Hall–Kier alpha value is -1.87. The molecular weight excluding hydrogens is 260 g/mol. The summed E-state index contributed by atoms with van der Waals surface area (Å²) >= 11 is 0. The number of para-hydroxylation sites is 1. The van der Waals surface area contributed by atoms with E-state index in [1.54, 1.807) is 0 Å². The van der Waals surface area contributed by atoms with Crippen LogP contribution in [0.3, 0.4) is 0 Å². The third-order valence-corrected chi connectivity index (χ3v) is 3.49. The lowest BCUT2D eigenvalue weighted by molar-refractivity contribution is 0.330. The summed E-state index contributed by atoms with van der Waals surface area (Å²) in [7, 11) is 0. The molecule has 0 saturated carbocycles. The largest absolute Gasteiger partial charge is 0.494 e. The fourth-order valence-electron chi connectivity index (χ4n) is 2.53. The van der Waals surface area contributed by atoms with Crippen molar-refractivity contribution in [1.82, 2.24) is 10.3 Å². The number of hydrogen-bond donors (Lipinski definition) is 1. The Morgan fingerprint density at radius 3 is 2.71 bits per heavy atom. The van der Waals surface area contributed by atoms with Crippen molar-refractivity contribution in [1.29, 1.82) is 0 Å². The van der Waals surface area contributed by atoms with E-state index < -0.39 is 0 Å². The van der Waals surface area contributed by atoms with Crippen LogP contribution in [-0.2, 0) is 6.42 Å². The van der Waals surface area contributed by atoms with Gasteiger partial charge >= 0.3 is 0 Å². The second kappa shape index (κ2) is 8.42. The van der Waals surface area contributed by atoms with E-state index in [1.165, 1.54) is 11.1 Å². The zero-order valence-electron chi connectivity index (χ0n) is 12.9. The summed E-state index contributed by atoms with van der Waals surface area (Å²) in [6, 6.07) is 12.7. The fourth-order valence-corrected chi connectivity index (χ4v) is 2.53. The normalized spacial score (nSPS) is 12.1. The minimum Gasteiger partial charge on any atom is -0.494 e. The molecule has 0 amide bonds. The van der Waals surface area contributed by atoms with E-state index in [4.69, 9.17) is 4.74 Å². The highest BCUT2D eigenvalue weighted by molar-refractivity contribution is 5.36. The van der Waals surface area contributed by atoms with Gasteiger partial charge in [-0.2, -0.15) is 0 Å². The van der Waals surface area contributed by atoms with Crippen molar-refractivity contribution in [2.75, 3.05) is 13.2 Å². The Bertz CT molecular complexity index is 528. The molecule has 2 aromatic rings. The predicted molar refractivity (Wildman–Crippen MR) is 86.6 cm³/mol. The summed E-state index contributed by atoms with van der Waals surface area (Å²) in [6.45, 7) is 5.80. The lowest BCUT2D eigenvalue weighted by Crippen LogP contribution is -2.22. The van der Waals surface area contributed by atoms with Crippen molar-refractivity contribution >= 4 is 0 Å². The Balaban J connectivity index is 2.11. The molecule has 0 aliphatic rings. The lowest BCUT2D eigenvalue weighted by Gasteiger charge is -2.21. The Morgan fingerprint density at radius 1 is 1.14 bits per heavy atom. The average Bonchev–Trinajstić information content (AvgIpc) is 2.53. The third-order valence-electron chi connectivity index (χ3n) is 3.49. The zero-order valence-corrected chi connectivity index (χ0v) is 12.9. The van der Waals surface area contributed by atoms with Crippen LogP contribution in [0.5, 0.6) is 5.75 Å². The molecule has 1 heterocycles. The smallest absolute Gasteiger partial charge is 0.124 e. The first kappa shape index (κ1) is 15.5. The number of aromatic nitrogens is 1. The number of ether oxygens (including phenoxy) is 1. The van der Waals surface area contributed by atoms with E-state index in [1.807, 2.05) is 37.5 Å². The molecule has 21 heavy (non-hydrogen) atoms. The van der Waals surface area contributed by atoms with E-state index in [0.717, 1.165) is 25.1 Å². The number of aryl methyl sites for hydroxylation is 1. The average molecular weight is 284 g/mol. The Morgan fingerprint density at radius 2 is 2.00 bits per heavy atom. The van der Waals surface area contributed by atoms with Gasteiger partial charge in [0.15, 0.2) is 0 Å². The van der Waals surface area contributed by atoms with Gasteiger partial charge in [-0.05, 0) is 44.0 Å². The van der Waals surface area contributed by atoms with Crippen molar-refractivity contribution in [2.24, 2.45) is 0 Å². The molecule has 3 heteroatoms. The Kier molecular flexibility index (Phi) is 6.22. The second-order valence-electron chi connectivity index (χ2n) is 4.98. The molecule has 112 valence electrons. The van der Waals surface area contributed by atoms with Gasteiger partial charge in [0.25, 0.3) is 0 Å². The molecule has 1 atom stereocenters. The molecule has 1 N–H and O–H groups in total. The van der Waals surface area contributed by atoms with Crippen molar-refractivity contribution in [2.45, 2.75) is 32.7 Å². The molecule has 1 aromatic heterocycles. The van der Waals surface area contributed by atoms with Gasteiger partial charge in [0, 0.05) is 24.0 Å². The van der Waals surface area contributed by atoms with Crippen LogP contribution in [0.15, 0.2) is 48.8 Å². The SMILES string of the molecule is CCNC(CCc1cccnc1)c1ccccc1OCC. The standard InChI is InChI=1S/C18H24N2O/c1-3-20-17(12-11-15-8-7-13-19-14-15)16-9-5-6-10-18(16)21-4-2/h5-10,13-14,17,20H,3-4,11-12H2,1-2H3. The van der Waals surface area contributed by atoms with Gasteiger partial charge in [-0.25, -0.2) is 0 Å². The summed E-state index contributed by atoms with van der Waals surface area (Å²) in [5.41, 5.74) is 2.51. The molecule has 0 radical (unpaired) electrons. The molecular formula is C18H24N2O. The second-order valence-corrected chi connectivity index (χ2v) is 4.98. The molecule has 0 bridgehead atoms. The van der Waals surface area contributed by atoms with Crippen LogP contribution in [0.2, 0.25) is 0 Å². The zero-order chi connectivity index (χ0) is 14.9. The first-order valence-electron chi connectivity index (χ1n) is 7.69. The summed E-state index contributed by atoms with van der Waals surface area (Å²) in [4.78, 5) is 4.18. The number of nitrogens with one attached hydrogen (secondary N) is 1. The van der Waals surface area contributed by atoms with Gasteiger partial charge in [-0.15, -0.1) is 0 Å². The summed E-state index contributed by atoms with van der Waals surface area (Å²) in [5.74, 6) is 0.983. The first-order chi connectivity index (χ1) is 10.3. The van der Waals surface area contributed by atoms with Gasteiger partial charge in [-0.3, -0.25) is 4.98 Å². The van der Waals surface area contributed by atoms with Crippen LogP contribution >= 0.6 is 0 Å². The van der Waals surface area contributed by atoms with Crippen LogP contribution in [0.25, 0.3) is 0 Å². The van der Waals surface area contributed by atoms with E-state index in [9.17, 15) is 0 Å². The molecule has 0 spiro atoms.